The molecule has 0 heterocycles. The van der Waals surface area contributed by atoms with Crippen LogP contribution in [0.15, 0.2) is 23.1 Å². The van der Waals surface area contributed by atoms with Crippen molar-refractivity contribution in [2.45, 2.75) is 24.7 Å². The Kier molecular flexibility index (Phi) is 5.71. The molecule has 0 unspecified atom stereocenters. The number of aromatic carboxylic acids is 1. The molecule has 1 aromatic carbocycles. The molecule has 112 valence electrons. The van der Waals surface area contributed by atoms with E-state index in [1.54, 1.807) is 6.07 Å². The molecule has 0 amide bonds. The van der Waals surface area contributed by atoms with Gasteiger partial charge in [0.25, 0.3) is 0 Å². The molecular weight excluding hydrogens is 278 g/mol. The molecule has 0 bridgehead atoms. The molecule has 0 fully saturated rings. The van der Waals surface area contributed by atoms with Gasteiger partial charge in [0, 0.05) is 0 Å². The highest BCUT2D eigenvalue weighted by Crippen LogP contribution is 2.18. The number of aryl methyl sites for hydroxylation is 1. The quantitative estimate of drug-likeness (QED) is 0.829. The molecule has 1 N–H and O–H groups in total. The molecule has 6 heteroatoms. The van der Waals surface area contributed by atoms with Crippen molar-refractivity contribution in [2.75, 3.05) is 26.4 Å². The van der Waals surface area contributed by atoms with Crippen molar-refractivity contribution in [2.24, 2.45) is 0 Å². The fourth-order valence-corrected chi connectivity index (χ4v) is 3.26. The van der Waals surface area contributed by atoms with Crippen molar-refractivity contribution in [3.63, 3.8) is 0 Å². The number of rotatable bonds is 7. The first kappa shape index (κ1) is 16.7. The van der Waals surface area contributed by atoms with Gasteiger partial charge >= 0.3 is 5.97 Å². The van der Waals surface area contributed by atoms with Crippen LogP contribution in [0.1, 0.15) is 29.3 Å². The van der Waals surface area contributed by atoms with Crippen LogP contribution < -0.4 is 0 Å². The fraction of sp³-hybridized carbons (Fsp3) is 0.500. The summed E-state index contributed by atoms with van der Waals surface area (Å²) in [5.41, 5.74) is 0.714. The van der Waals surface area contributed by atoms with Crippen LogP contribution in [0, 0.1) is 0 Å². The van der Waals surface area contributed by atoms with Crippen LogP contribution >= 0.6 is 0 Å². The minimum atomic E-state index is -3.43. The Morgan fingerprint density at radius 1 is 1.30 bits per heavy atom. The van der Waals surface area contributed by atoms with E-state index in [2.05, 4.69) is 0 Å². The van der Waals surface area contributed by atoms with Crippen LogP contribution in [0.25, 0.3) is 0 Å². The Bertz CT molecular complexity index is 579. The monoisotopic (exact) mass is 299 g/mol. The molecule has 0 spiro atoms. The molecule has 20 heavy (non-hydrogen) atoms. The Hall–Kier alpha value is -1.40. The van der Waals surface area contributed by atoms with Gasteiger partial charge < -0.3 is 10.0 Å². The van der Waals surface area contributed by atoms with Crippen molar-refractivity contribution in [3.05, 3.63) is 29.3 Å². The third kappa shape index (κ3) is 4.31. The van der Waals surface area contributed by atoms with Gasteiger partial charge in [-0.05, 0) is 51.2 Å². The van der Waals surface area contributed by atoms with E-state index in [4.69, 9.17) is 5.11 Å². The first-order valence-corrected chi connectivity index (χ1v) is 8.17. The minimum absolute atomic E-state index is 0.0235. The highest BCUT2D eigenvalue weighted by atomic mass is 32.2. The normalized spacial score (nSPS) is 11.8. The zero-order valence-corrected chi connectivity index (χ0v) is 12.9. The topological polar surface area (TPSA) is 74.7 Å². The second-order valence-corrected chi connectivity index (χ2v) is 7.06. The van der Waals surface area contributed by atoms with Gasteiger partial charge in [-0.25, -0.2) is 13.2 Å². The maximum absolute atomic E-state index is 12.2. The van der Waals surface area contributed by atoms with Gasteiger partial charge in [0.05, 0.1) is 16.2 Å². The zero-order valence-electron chi connectivity index (χ0n) is 12.1. The summed E-state index contributed by atoms with van der Waals surface area (Å²) < 4.78 is 24.4. The molecule has 0 radical (unpaired) electrons. The van der Waals surface area contributed by atoms with Gasteiger partial charge in [0.2, 0.25) is 0 Å². The van der Waals surface area contributed by atoms with Gasteiger partial charge in [0.1, 0.15) is 0 Å². The largest absolute Gasteiger partial charge is 0.478 e. The molecule has 1 rings (SSSR count). The molecule has 0 saturated carbocycles. The van der Waals surface area contributed by atoms with E-state index >= 15 is 0 Å². The number of carboxylic acid groups (broad SMARTS) is 1. The number of hydrogen-bond donors (Lipinski definition) is 1. The summed E-state index contributed by atoms with van der Waals surface area (Å²) in [4.78, 5) is 13.2. The summed E-state index contributed by atoms with van der Waals surface area (Å²) in [7, 11) is 0.333. The van der Waals surface area contributed by atoms with Crippen molar-refractivity contribution >= 4 is 15.8 Å². The number of carbonyl (C=O) groups is 1. The Labute approximate surface area is 120 Å². The Balaban J connectivity index is 3.01. The molecule has 5 nitrogen and oxygen atoms in total. The summed E-state index contributed by atoms with van der Waals surface area (Å²) in [6, 6.07) is 4.35. The molecule has 0 atom stereocenters. The number of benzene rings is 1. The van der Waals surface area contributed by atoms with Gasteiger partial charge in [-0.15, -0.1) is 0 Å². The van der Waals surface area contributed by atoms with Gasteiger partial charge in [-0.1, -0.05) is 13.0 Å². The number of carboxylic acids is 1. The zero-order chi connectivity index (χ0) is 15.3. The fourth-order valence-electron chi connectivity index (χ4n) is 1.95. The first-order valence-electron chi connectivity index (χ1n) is 6.51. The second kappa shape index (κ2) is 6.85. The summed E-state index contributed by atoms with van der Waals surface area (Å²) in [5.74, 6) is -1.07. The van der Waals surface area contributed by atoms with Crippen molar-refractivity contribution < 1.29 is 18.3 Å². The number of nitrogens with zero attached hydrogens (tertiary/aromatic N) is 1. The molecule has 0 aliphatic carbocycles. The highest BCUT2D eigenvalue weighted by Gasteiger charge is 2.18. The predicted octanol–water partition coefficient (Wildman–Crippen LogP) is 1.67. The maximum atomic E-state index is 12.2. The van der Waals surface area contributed by atoms with E-state index in [0.29, 0.717) is 24.9 Å². The van der Waals surface area contributed by atoms with E-state index in [-0.39, 0.29) is 16.2 Å². The predicted molar refractivity (Wildman–Crippen MR) is 78.0 cm³/mol. The molecule has 0 saturated heterocycles. The molecule has 0 aliphatic rings. The highest BCUT2D eigenvalue weighted by molar-refractivity contribution is 7.91. The van der Waals surface area contributed by atoms with Crippen molar-refractivity contribution in [3.8, 4) is 0 Å². The maximum Gasteiger partial charge on any atom is 0.336 e. The van der Waals surface area contributed by atoms with E-state index < -0.39 is 15.8 Å². The minimum Gasteiger partial charge on any atom is -0.478 e. The van der Waals surface area contributed by atoms with Crippen LogP contribution in [0.5, 0.6) is 0 Å². The lowest BCUT2D eigenvalue weighted by molar-refractivity contribution is 0.0695. The van der Waals surface area contributed by atoms with E-state index in [0.717, 1.165) is 0 Å². The van der Waals surface area contributed by atoms with Crippen LogP contribution in [-0.2, 0) is 16.3 Å². The Morgan fingerprint density at radius 3 is 2.45 bits per heavy atom. The average molecular weight is 299 g/mol. The lowest BCUT2D eigenvalue weighted by Gasteiger charge is -2.11. The van der Waals surface area contributed by atoms with Crippen LogP contribution in [0.2, 0.25) is 0 Å². The van der Waals surface area contributed by atoms with Crippen LogP contribution in [0.4, 0.5) is 0 Å². The lowest BCUT2D eigenvalue weighted by atomic mass is 10.1. The molecule has 1 aromatic rings. The second-order valence-electron chi connectivity index (χ2n) is 4.95. The smallest absolute Gasteiger partial charge is 0.336 e. The van der Waals surface area contributed by atoms with Crippen LogP contribution in [-0.4, -0.2) is 50.8 Å². The van der Waals surface area contributed by atoms with Gasteiger partial charge in [-0.2, -0.15) is 0 Å². The first-order chi connectivity index (χ1) is 9.27. The lowest BCUT2D eigenvalue weighted by Crippen LogP contribution is -2.17. The van der Waals surface area contributed by atoms with Crippen molar-refractivity contribution in [1.82, 2.24) is 4.90 Å². The standard InChI is InChI=1S/C14H21NO4S/c1-4-11-6-7-12(10-13(11)14(16)17)20(18,19)9-5-8-15(2)3/h6-7,10H,4-5,8-9H2,1-3H3,(H,16,17). The SMILES string of the molecule is CCc1ccc(S(=O)(=O)CCCN(C)C)cc1C(=O)O. The van der Waals surface area contributed by atoms with Gasteiger partial charge in [-0.3, -0.25) is 0 Å². The molecular formula is C14H21NO4S. The van der Waals surface area contributed by atoms with Gasteiger partial charge in [0.15, 0.2) is 9.84 Å². The third-order valence-corrected chi connectivity index (χ3v) is 4.87. The number of sulfone groups is 1. The Morgan fingerprint density at radius 2 is 1.95 bits per heavy atom. The summed E-state index contributed by atoms with van der Waals surface area (Å²) in [5, 5.41) is 9.13. The molecule has 0 aromatic heterocycles. The van der Waals surface area contributed by atoms with E-state index in [1.807, 2.05) is 25.9 Å². The van der Waals surface area contributed by atoms with Crippen LogP contribution in [0.3, 0.4) is 0 Å². The van der Waals surface area contributed by atoms with Crippen molar-refractivity contribution in [1.29, 1.82) is 0 Å². The van der Waals surface area contributed by atoms with E-state index in [9.17, 15) is 13.2 Å². The summed E-state index contributed by atoms with van der Waals surface area (Å²) >= 11 is 0. The summed E-state index contributed by atoms with van der Waals surface area (Å²) in [6.07, 6.45) is 1.08. The number of hydrogen-bond acceptors (Lipinski definition) is 4. The molecule has 0 aliphatic heterocycles. The summed E-state index contributed by atoms with van der Waals surface area (Å²) in [6.45, 7) is 2.52. The van der Waals surface area contributed by atoms with E-state index in [1.165, 1.54) is 12.1 Å². The average Bonchev–Trinajstić information content (AvgIpc) is 2.37. The third-order valence-electron chi connectivity index (χ3n) is 3.07.